The molecular formula is C15H13Br2NO2. The first-order valence-electron chi connectivity index (χ1n) is 5.96. The summed E-state index contributed by atoms with van der Waals surface area (Å²) in [5.41, 5.74) is 1.60. The van der Waals surface area contributed by atoms with Crippen LogP contribution >= 0.6 is 31.9 Å². The first-order valence-corrected chi connectivity index (χ1v) is 7.55. The highest BCUT2D eigenvalue weighted by atomic mass is 79.9. The van der Waals surface area contributed by atoms with E-state index in [0.717, 1.165) is 14.5 Å². The topological polar surface area (TPSA) is 38.3 Å². The van der Waals surface area contributed by atoms with Crippen molar-refractivity contribution in [2.45, 2.75) is 6.42 Å². The van der Waals surface area contributed by atoms with Gasteiger partial charge in [0, 0.05) is 8.95 Å². The summed E-state index contributed by atoms with van der Waals surface area (Å²) >= 11 is 6.77. The molecule has 1 N–H and O–H groups in total. The number of benzene rings is 2. The number of nitrogens with one attached hydrogen (secondary N) is 1. The maximum Gasteiger partial charge on any atom is 0.228 e. The molecule has 1 amide bonds. The third-order valence-electron chi connectivity index (χ3n) is 2.69. The minimum Gasteiger partial charge on any atom is -0.495 e. The van der Waals surface area contributed by atoms with Crippen molar-refractivity contribution in [3.05, 3.63) is 57.0 Å². The molecule has 0 fully saturated rings. The van der Waals surface area contributed by atoms with Gasteiger partial charge in [0.2, 0.25) is 5.91 Å². The molecule has 20 heavy (non-hydrogen) atoms. The van der Waals surface area contributed by atoms with Crippen LogP contribution in [0.25, 0.3) is 0 Å². The second kappa shape index (κ2) is 6.90. The van der Waals surface area contributed by atoms with Gasteiger partial charge >= 0.3 is 0 Å². The molecule has 0 spiro atoms. The minimum atomic E-state index is -0.0838. The number of hydrogen-bond donors (Lipinski definition) is 1. The molecule has 5 heteroatoms. The molecule has 0 aromatic heterocycles. The SMILES string of the molecule is COc1ccc(Br)cc1NC(=O)Cc1cccc(Br)c1. The summed E-state index contributed by atoms with van der Waals surface area (Å²) in [6.07, 6.45) is 0.315. The number of anilines is 1. The summed E-state index contributed by atoms with van der Waals surface area (Å²) in [6, 6.07) is 13.2. The molecule has 0 aliphatic rings. The van der Waals surface area contributed by atoms with Crippen molar-refractivity contribution in [3.63, 3.8) is 0 Å². The van der Waals surface area contributed by atoms with E-state index >= 15 is 0 Å². The Bertz CT molecular complexity index is 629. The lowest BCUT2D eigenvalue weighted by Gasteiger charge is -2.10. The van der Waals surface area contributed by atoms with E-state index in [2.05, 4.69) is 37.2 Å². The molecular weight excluding hydrogens is 386 g/mol. The van der Waals surface area contributed by atoms with Gasteiger partial charge in [-0.25, -0.2) is 0 Å². The summed E-state index contributed by atoms with van der Waals surface area (Å²) < 4.78 is 7.07. The standard InChI is InChI=1S/C15H13Br2NO2/c1-20-14-6-5-12(17)9-13(14)18-15(19)8-10-3-2-4-11(16)7-10/h2-7,9H,8H2,1H3,(H,18,19). The quantitative estimate of drug-likeness (QED) is 0.828. The van der Waals surface area contributed by atoms with Crippen LogP contribution in [0.4, 0.5) is 5.69 Å². The fourth-order valence-electron chi connectivity index (χ4n) is 1.80. The van der Waals surface area contributed by atoms with Gasteiger partial charge in [0.05, 0.1) is 19.2 Å². The highest BCUT2D eigenvalue weighted by Gasteiger charge is 2.09. The predicted octanol–water partition coefficient (Wildman–Crippen LogP) is 4.40. The second-order valence-corrected chi connectivity index (χ2v) is 6.03. The van der Waals surface area contributed by atoms with Crippen molar-refractivity contribution in [1.29, 1.82) is 0 Å². The Morgan fingerprint density at radius 3 is 2.60 bits per heavy atom. The summed E-state index contributed by atoms with van der Waals surface area (Å²) in [7, 11) is 1.58. The van der Waals surface area contributed by atoms with Gasteiger partial charge in [-0.3, -0.25) is 4.79 Å². The highest BCUT2D eigenvalue weighted by molar-refractivity contribution is 9.10. The fraction of sp³-hybridized carbons (Fsp3) is 0.133. The first kappa shape index (κ1) is 15.1. The van der Waals surface area contributed by atoms with Crippen LogP contribution in [0.2, 0.25) is 0 Å². The Kier molecular flexibility index (Phi) is 5.20. The van der Waals surface area contributed by atoms with Crippen LogP contribution in [-0.4, -0.2) is 13.0 Å². The zero-order chi connectivity index (χ0) is 14.5. The molecule has 0 unspecified atom stereocenters. The summed E-state index contributed by atoms with van der Waals surface area (Å²) in [4.78, 5) is 12.1. The van der Waals surface area contributed by atoms with E-state index in [9.17, 15) is 4.79 Å². The molecule has 0 atom stereocenters. The van der Waals surface area contributed by atoms with Gasteiger partial charge in [0.15, 0.2) is 0 Å². The second-order valence-electron chi connectivity index (χ2n) is 4.20. The van der Waals surface area contributed by atoms with Gasteiger partial charge in [0.25, 0.3) is 0 Å². The predicted molar refractivity (Wildman–Crippen MR) is 87.2 cm³/mol. The molecule has 0 saturated carbocycles. The van der Waals surface area contributed by atoms with Crippen molar-refractivity contribution >= 4 is 43.5 Å². The zero-order valence-corrected chi connectivity index (χ0v) is 14.0. The van der Waals surface area contributed by atoms with Crippen LogP contribution in [0.1, 0.15) is 5.56 Å². The highest BCUT2D eigenvalue weighted by Crippen LogP contribution is 2.28. The van der Waals surface area contributed by atoms with E-state index in [1.54, 1.807) is 13.2 Å². The van der Waals surface area contributed by atoms with Gasteiger partial charge in [-0.15, -0.1) is 0 Å². The van der Waals surface area contributed by atoms with Crippen LogP contribution in [-0.2, 0) is 11.2 Å². The monoisotopic (exact) mass is 397 g/mol. The Labute approximate surface area is 134 Å². The third-order valence-corrected chi connectivity index (χ3v) is 3.68. The average Bonchev–Trinajstić information content (AvgIpc) is 2.38. The van der Waals surface area contributed by atoms with Crippen LogP contribution in [0.15, 0.2) is 51.4 Å². The largest absolute Gasteiger partial charge is 0.495 e. The van der Waals surface area contributed by atoms with Gasteiger partial charge in [0.1, 0.15) is 5.75 Å². The molecule has 3 nitrogen and oxygen atoms in total. The molecule has 2 aromatic carbocycles. The normalized spacial score (nSPS) is 10.2. The number of carbonyl (C=O) groups excluding carboxylic acids is 1. The molecule has 0 heterocycles. The number of amides is 1. The van der Waals surface area contributed by atoms with Crippen LogP contribution in [0.5, 0.6) is 5.75 Å². The smallest absolute Gasteiger partial charge is 0.228 e. The van der Waals surface area contributed by atoms with Crippen molar-refractivity contribution in [2.75, 3.05) is 12.4 Å². The molecule has 0 aliphatic carbocycles. The lowest BCUT2D eigenvalue weighted by molar-refractivity contribution is -0.115. The summed E-state index contributed by atoms with van der Waals surface area (Å²) in [5.74, 6) is 0.551. The number of rotatable bonds is 4. The van der Waals surface area contributed by atoms with Crippen LogP contribution in [0, 0.1) is 0 Å². The van der Waals surface area contributed by atoms with E-state index in [4.69, 9.17) is 4.74 Å². The Balaban J connectivity index is 2.10. The van der Waals surface area contributed by atoms with Crippen molar-refractivity contribution in [1.82, 2.24) is 0 Å². The maximum absolute atomic E-state index is 12.1. The molecule has 2 rings (SSSR count). The van der Waals surface area contributed by atoms with Crippen LogP contribution in [0.3, 0.4) is 0 Å². The Morgan fingerprint density at radius 1 is 1.15 bits per heavy atom. The molecule has 104 valence electrons. The van der Waals surface area contributed by atoms with Crippen molar-refractivity contribution in [3.8, 4) is 5.75 Å². The van der Waals surface area contributed by atoms with Crippen molar-refractivity contribution in [2.24, 2.45) is 0 Å². The fourth-order valence-corrected chi connectivity index (χ4v) is 2.61. The maximum atomic E-state index is 12.1. The number of halogens is 2. The van der Waals surface area contributed by atoms with Gasteiger partial charge in [-0.05, 0) is 35.9 Å². The van der Waals surface area contributed by atoms with Gasteiger partial charge in [-0.1, -0.05) is 44.0 Å². The minimum absolute atomic E-state index is 0.0838. The lowest BCUT2D eigenvalue weighted by Crippen LogP contribution is -2.15. The molecule has 2 aromatic rings. The van der Waals surface area contributed by atoms with E-state index in [-0.39, 0.29) is 5.91 Å². The molecule has 0 bridgehead atoms. The zero-order valence-electron chi connectivity index (χ0n) is 10.8. The van der Waals surface area contributed by atoms with Crippen molar-refractivity contribution < 1.29 is 9.53 Å². The molecule has 0 aliphatic heterocycles. The third kappa shape index (κ3) is 4.08. The van der Waals surface area contributed by atoms with E-state index < -0.39 is 0 Å². The van der Waals surface area contributed by atoms with E-state index in [1.165, 1.54) is 0 Å². The number of ether oxygens (including phenoxy) is 1. The van der Waals surface area contributed by atoms with Crippen LogP contribution < -0.4 is 10.1 Å². The summed E-state index contributed by atoms with van der Waals surface area (Å²) in [5, 5.41) is 2.86. The molecule has 0 radical (unpaired) electrons. The lowest BCUT2D eigenvalue weighted by atomic mass is 10.1. The van der Waals surface area contributed by atoms with Gasteiger partial charge < -0.3 is 10.1 Å². The first-order chi connectivity index (χ1) is 9.58. The average molecular weight is 399 g/mol. The number of carbonyl (C=O) groups is 1. The van der Waals surface area contributed by atoms with Gasteiger partial charge in [-0.2, -0.15) is 0 Å². The Morgan fingerprint density at radius 2 is 1.90 bits per heavy atom. The Hall–Kier alpha value is -1.33. The van der Waals surface area contributed by atoms with E-state index in [0.29, 0.717) is 17.9 Å². The number of methoxy groups -OCH3 is 1. The molecule has 0 saturated heterocycles. The van der Waals surface area contributed by atoms with E-state index in [1.807, 2.05) is 36.4 Å². The summed E-state index contributed by atoms with van der Waals surface area (Å²) in [6.45, 7) is 0. The number of hydrogen-bond acceptors (Lipinski definition) is 2.